The molecule has 0 atom stereocenters. The van der Waals surface area contributed by atoms with Gasteiger partial charge in [0.05, 0.1) is 12.5 Å². The summed E-state index contributed by atoms with van der Waals surface area (Å²) in [6.45, 7) is 0.496. The fourth-order valence-electron chi connectivity index (χ4n) is 2.34. The van der Waals surface area contributed by atoms with Crippen LogP contribution in [-0.4, -0.2) is 35.9 Å². The van der Waals surface area contributed by atoms with Gasteiger partial charge < -0.3 is 4.98 Å². The number of imidazole rings is 1. The van der Waals surface area contributed by atoms with Crippen molar-refractivity contribution in [2.45, 2.75) is 41.9 Å². The van der Waals surface area contributed by atoms with Gasteiger partial charge >= 0.3 is 0 Å². The number of nitrogens with one attached hydrogen (secondary N) is 2. The number of nitrogens with zero attached hydrogens (tertiary/aromatic N) is 1. The molecule has 1 aliphatic carbocycles. The second-order valence-corrected chi connectivity index (χ2v) is 7.70. The van der Waals surface area contributed by atoms with E-state index in [-0.39, 0.29) is 9.77 Å². The van der Waals surface area contributed by atoms with Gasteiger partial charge in [0.15, 0.2) is 5.03 Å². The van der Waals surface area contributed by atoms with Crippen LogP contribution >= 0.6 is 11.8 Å². The predicted molar refractivity (Wildman–Crippen MR) is 73.1 cm³/mol. The average molecular weight is 289 g/mol. The molecule has 1 heterocycles. The number of aromatic nitrogens is 2. The highest BCUT2D eigenvalue weighted by molar-refractivity contribution is 8.00. The molecular formula is C11H19N3O2S2. The zero-order valence-corrected chi connectivity index (χ0v) is 12.1. The van der Waals surface area contributed by atoms with E-state index in [9.17, 15) is 8.42 Å². The lowest BCUT2D eigenvalue weighted by atomic mass is 9.88. The molecule has 1 aromatic rings. The van der Waals surface area contributed by atoms with Gasteiger partial charge in [-0.15, -0.1) is 0 Å². The second-order valence-electron chi connectivity index (χ2n) is 4.69. The summed E-state index contributed by atoms with van der Waals surface area (Å²) in [6, 6.07) is 0. The van der Waals surface area contributed by atoms with Crippen molar-refractivity contribution in [3.8, 4) is 0 Å². The Morgan fingerprint density at radius 2 is 2.17 bits per heavy atom. The summed E-state index contributed by atoms with van der Waals surface area (Å²) in [5.74, 6) is 0. The highest BCUT2D eigenvalue weighted by Gasteiger charge is 2.32. The molecule has 0 saturated heterocycles. The Bertz CT molecular complexity index is 464. The molecule has 0 unspecified atom stereocenters. The van der Waals surface area contributed by atoms with Crippen LogP contribution in [0.25, 0.3) is 0 Å². The monoisotopic (exact) mass is 289 g/mol. The molecular weight excluding hydrogens is 270 g/mol. The number of sulfonamides is 1. The molecule has 102 valence electrons. The lowest BCUT2D eigenvalue weighted by Crippen LogP contribution is -2.41. The molecule has 1 aliphatic rings. The first-order valence-corrected chi connectivity index (χ1v) is 8.82. The average Bonchev–Trinajstić information content (AvgIpc) is 2.92. The molecule has 5 nitrogen and oxygen atoms in total. The normalized spacial score (nSPS) is 19.8. The Balaban J connectivity index is 2.02. The molecule has 0 spiro atoms. The van der Waals surface area contributed by atoms with E-state index in [4.69, 9.17) is 0 Å². The summed E-state index contributed by atoms with van der Waals surface area (Å²) in [5, 5.41) is 0.134. The minimum atomic E-state index is -3.45. The summed E-state index contributed by atoms with van der Waals surface area (Å²) in [5.41, 5.74) is 0. The van der Waals surface area contributed by atoms with Crippen molar-refractivity contribution in [1.29, 1.82) is 0 Å². The third kappa shape index (κ3) is 3.07. The molecule has 18 heavy (non-hydrogen) atoms. The van der Waals surface area contributed by atoms with Crippen molar-refractivity contribution in [2.75, 3.05) is 12.8 Å². The van der Waals surface area contributed by atoms with Gasteiger partial charge in [0.2, 0.25) is 0 Å². The van der Waals surface area contributed by atoms with Gasteiger partial charge in [-0.05, 0) is 19.1 Å². The molecule has 0 radical (unpaired) electrons. The number of H-pyrrole nitrogens is 1. The van der Waals surface area contributed by atoms with Crippen molar-refractivity contribution < 1.29 is 8.42 Å². The van der Waals surface area contributed by atoms with Crippen molar-refractivity contribution in [3.63, 3.8) is 0 Å². The zero-order valence-electron chi connectivity index (χ0n) is 10.5. The Morgan fingerprint density at radius 3 is 2.72 bits per heavy atom. The molecule has 0 bridgehead atoms. The first-order valence-electron chi connectivity index (χ1n) is 6.11. The van der Waals surface area contributed by atoms with Crippen LogP contribution in [0.15, 0.2) is 17.6 Å². The number of rotatable bonds is 5. The van der Waals surface area contributed by atoms with Gasteiger partial charge in [-0.2, -0.15) is 11.8 Å². The quantitative estimate of drug-likeness (QED) is 0.866. The van der Waals surface area contributed by atoms with Crippen molar-refractivity contribution in [2.24, 2.45) is 0 Å². The minimum Gasteiger partial charge on any atom is -0.335 e. The standard InChI is InChI=1S/C11H19N3O2S2/c1-17-11(5-3-2-4-6-11)8-14-18(15,16)10-7-12-9-13-10/h7,9,14H,2-6,8H2,1H3,(H,12,13). The van der Waals surface area contributed by atoms with E-state index < -0.39 is 10.0 Å². The molecule has 1 aromatic heterocycles. The lowest BCUT2D eigenvalue weighted by Gasteiger charge is -2.35. The molecule has 1 fully saturated rings. The van der Waals surface area contributed by atoms with E-state index in [1.807, 2.05) is 0 Å². The summed E-state index contributed by atoms with van der Waals surface area (Å²) in [4.78, 5) is 6.37. The van der Waals surface area contributed by atoms with E-state index in [1.165, 1.54) is 31.8 Å². The highest BCUT2D eigenvalue weighted by atomic mass is 32.2. The van der Waals surface area contributed by atoms with Gasteiger partial charge in [0, 0.05) is 11.3 Å². The number of thioether (sulfide) groups is 1. The van der Waals surface area contributed by atoms with E-state index in [2.05, 4.69) is 20.9 Å². The van der Waals surface area contributed by atoms with Crippen LogP contribution in [0.3, 0.4) is 0 Å². The van der Waals surface area contributed by atoms with Gasteiger partial charge in [0.25, 0.3) is 10.0 Å². The Labute approximate surface area is 112 Å². The summed E-state index contributed by atoms with van der Waals surface area (Å²) < 4.78 is 26.8. The molecule has 1 saturated carbocycles. The predicted octanol–water partition coefficient (Wildman–Crippen LogP) is 1.75. The Kier molecular flexibility index (Phi) is 4.34. The minimum absolute atomic E-state index is 0.0609. The van der Waals surface area contributed by atoms with Crippen LogP contribution in [0.2, 0.25) is 0 Å². The van der Waals surface area contributed by atoms with Gasteiger partial charge in [-0.1, -0.05) is 19.3 Å². The Morgan fingerprint density at radius 1 is 1.44 bits per heavy atom. The van der Waals surface area contributed by atoms with Gasteiger partial charge in [0.1, 0.15) is 0 Å². The summed E-state index contributed by atoms with van der Waals surface area (Å²) in [6.07, 6.45) is 10.6. The topological polar surface area (TPSA) is 74.8 Å². The molecule has 2 N–H and O–H groups in total. The maximum atomic E-state index is 12.0. The lowest BCUT2D eigenvalue weighted by molar-refractivity contribution is 0.394. The van der Waals surface area contributed by atoms with Gasteiger partial charge in [-0.25, -0.2) is 18.1 Å². The van der Waals surface area contributed by atoms with Crippen LogP contribution < -0.4 is 4.72 Å². The van der Waals surface area contributed by atoms with Crippen LogP contribution in [0, 0.1) is 0 Å². The SMILES string of the molecule is CSC1(CNS(=O)(=O)c2cnc[nH]2)CCCCC1. The molecule has 0 aliphatic heterocycles. The maximum Gasteiger partial charge on any atom is 0.257 e. The van der Waals surface area contributed by atoms with Crippen LogP contribution in [0.5, 0.6) is 0 Å². The van der Waals surface area contributed by atoms with Gasteiger partial charge in [-0.3, -0.25) is 0 Å². The van der Waals surface area contributed by atoms with E-state index in [1.54, 1.807) is 11.8 Å². The molecule has 0 amide bonds. The number of aromatic amines is 1. The fraction of sp³-hybridized carbons (Fsp3) is 0.727. The first kappa shape index (κ1) is 13.9. The van der Waals surface area contributed by atoms with Crippen molar-refractivity contribution in [1.82, 2.24) is 14.7 Å². The maximum absolute atomic E-state index is 12.0. The number of hydrogen-bond donors (Lipinski definition) is 2. The summed E-state index contributed by atoms with van der Waals surface area (Å²) >= 11 is 1.78. The van der Waals surface area contributed by atoms with Crippen LogP contribution in [0.1, 0.15) is 32.1 Å². The zero-order chi connectivity index (χ0) is 13.1. The molecule has 0 aromatic carbocycles. The molecule has 7 heteroatoms. The summed E-state index contributed by atoms with van der Waals surface area (Å²) in [7, 11) is -3.45. The van der Waals surface area contributed by atoms with Crippen LogP contribution in [0.4, 0.5) is 0 Å². The number of hydrogen-bond acceptors (Lipinski definition) is 4. The third-order valence-electron chi connectivity index (χ3n) is 3.54. The van der Waals surface area contributed by atoms with E-state index >= 15 is 0 Å². The largest absolute Gasteiger partial charge is 0.335 e. The first-order chi connectivity index (χ1) is 8.58. The fourth-order valence-corrected chi connectivity index (χ4v) is 4.38. The van der Waals surface area contributed by atoms with Crippen LogP contribution in [-0.2, 0) is 10.0 Å². The molecule has 2 rings (SSSR count). The van der Waals surface area contributed by atoms with E-state index in [0.29, 0.717) is 6.54 Å². The smallest absolute Gasteiger partial charge is 0.257 e. The van der Waals surface area contributed by atoms with E-state index in [0.717, 1.165) is 12.8 Å². The highest BCUT2D eigenvalue weighted by Crippen LogP contribution is 2.38. The van der Waals surface area contributed by atoms with Crippen molar-refractivity contribution >= 4 is 21.8 Å². The third-order valence-corrected chi connectivity index (χ3v) is 6.29. The van der Waals surface area contributed by atoms with Crippen molar-refractivity contribution in [3.05, 3.63) is 12.5 Å². The second kappa shape index (κ2) is 5.63. The Hall–Kier alpha value is -0.530.